The van der Waals surface area contributed by atoms with Gasteiger partial charge < -0.3 is 20.3 Å². The highest BCUT2D eigenvalue weighted by Crippen LogP contribution is 2.45. The highest BCUT2D eigenvalue weighted by Gasteiger charge is 2.32. The van der Waals surface area contributed by atoms with E-state index in [2.05, 4.69) is 21.0 Å². The molecular weight excluding hydrogens is 404 g/mol. The molecule has 0 amide bonds. The first-order chi connectivity index (χ1) is 14.6. The Morgan fingerprint density at radius 2 is 1.97 bits per heavy atom. The number of ether oxygens (including phenoxy) is 2. The van der Waals surface area contributed by atoms with Gasteiger partial charge in [-0.1, -0.05) is 41.9 Å². The van der Waals surface area contributed by atoms with Crippen LogP contribution in [-0.4, -0.2) is 26.7 Å². The van der Waals surface area contributed by atoms with Crippen molar-refractivity contribution < 1.29 is 14.6 Å². The molecule has 3 N–H and O–H groups in total. The summed E-state index contributed by atoms with van der Waals surface area (Å²) in [5.74, 6) is 1.19. The summed E-state index contributed by atoms with van der Waals surface area (Å²) >= 11 is 6.71. The van der Waals surface area contributed by atoms with Crippen LogP contribution in [0.15, 0.2) is 47.5 Å². The second-order valence-electron chi connectivity index (χ2n) is 7.28. The van der Waals surface area contributed by atoms with E-state index in [-0.39, 0.29) is 24.5 Å². The van der Waals surface area contributed by atoms with Gasteiger partial charge in [0.15, 0.2) is 5.82 Å². The highest BCUT2D eigenvalue weighted by molar-refractivity contribution is 6.33. The van der Waals surface area contributed by atoms with Crippen LogP contribution < -0.4 is 10.5 Å². The van der Waals surface area contributed by atoms with Crippen LogP contribution in [-0.2, 0) is 18.0 Å². The van der Waals surface area contributed by atoms with Gasteiger partial charge in [-0.2, -0.15) is 15.0 Å². The molecule has 0 fully saturated rings. The van der Waals surface area contributed by atoms with Gasteiger partial charge in [0.25, 0.3) is 0 Å². The Balaban J connectivity index is 1.55. The third-order valence-electron chi connectivity index (χ3n) is 5.32. The largest absolute Gasteiger partial charge is 0.424 e. The summed E-state index contributed by atoms with van der Waals surface area (Å²) in [6.45, 7) is 1.19. The van der Waals surface area contributed by atoms with Crippen LogP contribution in [0.2, 0.25) is 0 Å². The summed E-state index contributed by atoms with van der Waals surface area (Å²) in [7, 11) is 0. The summed E-state index contributed by atoms with van der Waals surface area (Å²) in [6.07, 6.45) is 0.658. The predicted molar refractivity (Wildman–Crippen MR) is 112 cm³/mol. The number of benzene rings is 2. The zero-order valence-electron chi connectivity index (χ0n) is 16.0. The molecule has 152 valence electrons. The van der Waals surface area contributed by atoms with Crippen LogP contribution in [0, 0.1) is 0 Å². The van der Waals surface area contributed by atoms with E-state index in [0.29, 0.717) is 36.2 Å². The number of rotatable bonds is 4. The third-order valence-corrected chi connectivity index (χ3v) is 5.66. The van der Waals surface area contributed by atoms with Crippen molar-refractivity contribution in [1.82, 2.24) is 15.0 Å². The van der Waals surface area contributed by atoms with E-state index in [1.807, 2.05) is 12.1 Å². The Morgan fingerprint density at radius 3 is 2.77 bits per heavy atom. The molecule has 1 aliphatic carbocycles. The zero-order valence-corrected chi connectivity index (χ0v) is 16.8. The highest BCUT2D eigenvalue weighted by atomic mass is 35.5. The maximum Gasteiger partial charge on any atom is 0.327 e. The number of halogens is 1. The molecule has 8 heteroatoms. The van der Waals surface area contributed by atoms with Crippen molar-refractivity contribution in [2.45, 2.75) is 25.6 Å². The minimum atomic E-state index is -0.0385. The molecule has 0 spiro atoms. The van der Waals surface area contributed by atoms with Gasteiger partial charge in [0.2, 0.25) is 5.95 Å². The van der Waals surface area contributed by atoms with Gasteiger partial charge in [0, 0.05) is 16.5 Å². The molecule has 2 heterocycles. The molecule has 0 saturated carbocycles. The number of nitrogens with zero attached hydrogens (tertiary/aromatic N) is 3. The lowest BCUT2D eigenvalue weighted by molar-refractivity contribution is 0.0908. The van der Waals surface area contributed by atoms with Gasteiger partial charge in [-0.15, -0.1) is 0 Å². The van der Waals surface area contributed by atoms with Crippen molar-refractivity contribution in [3.63, 3.8) is 0 Å². The molecular formula is C22H19ClN4O3. The van der Waals surface area contributed by atoms with Gasteiger partial charge in [-0.05, 0) is 40.8 Å². The van der Waals surface area contributed by atoms with Crippen molar-refractivity contribution in [3.8, 4) is 11.8 Å². The number of anilines is 1. The Labute approximate surface area is 178 Å². The molecule has 1 unspecified atom stereocenters. The standard InChI is InChI=1S/C22H19ClN4O3/c23-17-8-14-11-29-10-13-2-1-3-16(18(13)14)19(17)20-25-21(24)27-22(26-20)30-15-6-4-12(9-28)5-7-15/h1-7,14,28H,8-11H2,(H2,24,25,26,27). The van der Waals surface area contributed by atoms with E-state index in [1.165, 1.54) is 5.56 Å². The number of nitrogens with two attached hydrogens (primary N) is 1. The van der Waals surface area contributed by atoms with Crippen LogP contribution in [0.25, 0.3) is 5.57 Å². The fraction of sp³-hybridized carbons (Fsp3) is 0.227. The molecule has 1 atom stereocenters. The Morgan fingerprint density at radius 1 is 1.13 bits per heavy atom. The summed E-state index contributed by atoms with van der Waals surface area (Å²) in [6, 6.07) is 13.2. The van der Waals surface area contributed by atoms with Crippen LogP contribution in [0.5, 0.6) is 11.8 Å². The van der Waals surface area contributed by atoms with Crippen LogP contribution in [0.1, 0.15) is 40.4 Å². The number of aliphatic hydroxyl groups excluding tert-OH is 1. The normalized spacial score (nSPS) is 17.6. The topological polar surface area (TPSA) is 103 Å². The van der Waals surface area contributed by atoms with Crippen LogP contribution in [0.4, 0.5) is 5.95 Å². The molecule has 0 saturated heterocycles. The van der Waals surface area contributed by atoms with Gasteiger partial charge in [0.05, 0.1) is 19.8 Å². The predicted octanol–water partition coefficient (Wildman–Crippen LogP) is 3.75. The Kier molecular flexibility index (Phi) is 4.86. The second-order valence-corrected chi connectivity index (χ2v) is 7.73. The van der Waals surface area contributed by atoms with E-state index < -0.39 is 0 Å². The van der Waals surface area contributed by atoms with Crippen LogP contribution >= 0.6 is 11.6 Å². The fourth-order valence-electron chi connectivity index (χ4n) is 4.00. The number of hydrogen-bond acceptors (Lipinski definition) is 7. The molecule has 1 aliphatic heterocycles. The Hall–Kier alpha value is -3.00. The Bertz CT molecular complexity index is 1150. The fourth-order valence-corrected chi connectivity index (χ4v) is 4.37. The average molecular weight is 423 g/mol. The van der Waals surface area contributed by atoms with E-state index in [9.17, 15) is 5.11 Å². The van der Waals surface area contributed by atoms with Crippen molar-refractivity contribution in [2.24, 2.45) is 0 Å². The maximum atomic E-state index is 9.18. The minimum Gasteiger partial charge on any atom is -0.424 e. The first kappa shape index (κ1) is 19.0. The summed E-state index contributed by atoms with van der Waals surface area (Å²) in [5, 5.41) is 9.85. The monoisotopic (exact) mass is 422 g/mol. The molecule has 1 aromatic heterocycles. The molecule has 30 heavy (non-hydrogen) atoms. The molecule has 7 nitrogen and oxygen atoms in total. The smallest absolute Gasteiger partial charge is 0.327 e. The first-order valence-corrected chi connectivity index (χ1v) is 9.98. The van der Waals surface area contributed by atoms with Crippen molar-refractivity contribution in [3.05, 3.63) is 75.6 Å². The number of nitrogen functional groups attached to an aromatic ring is 1. The third kappa shape index (κ3) is 3.41. The van der Waals surface area contributed by atoms with Crippen molar-refractivity contribution in [2.75, 3.05) is 12.3 Å². The molecule has 2 aliphatic rings. The van der Waals surface area contributed by atoms with Crippen molar-refractivity contribution in [1.29, 1.82) is 0 Å². The minimum absolute atomic E-state index is 0.0385. The van der Waals surface area contributed by atoms with Gasteiger partial charge >= 0.3 is 6.01 Å². The number of allylic oxidation sites excluding steroid dienone is 1. The lowest BCUT2D eigenvalue weighted by atomic mass is 9.79. The summed E-state index contributed by atoms with van der Waals surface area (Å²) < 4.78 is 11.5. The quantitative estimate of drug-likeness (QED) is 0.659. The number of hydrogen-bond donors (Lipinski definition) is 2. The van der Waals surface area contributed by atoms with E-state index in [0.717, 1.165) is 22.3 Å². The first-order valence-electron chi connectivity index (χ1n) is 9.60. The second kappa shape index (κ2) is 7.68. The van der Waals surface area contributed by atoms with Gasteiger partial charge in [0.1, 0.15) is 5.75 Å². The SMILES string of the molecule is Nc1nc(Oc2ccc(CO)cc2)nc(C2=C(Cl)CC3COCc4cccc2c43)n1. The molecule has 2 aromatic carbocycles. The molecule has 5 rings (SSSR count). The average Bonchev–Trinajstić information content (AvgIpc) is 2.74. The summed E-state index contributed by atoms with van der Waals surface area (Å²) in [5.41, 5.74) is 10.9. The van der Waals surface area contributed by atoms with E-state index in [1.54, 1.807) is 24.3 Å². The lowest BCUT2D eigenvalue weighted by Crippen LogP contribution is -2.22. The molecule has 3 aromatic rings. The molecule has 0 radical (unpaired) electrons. The lowest BCUT2D eigenvalue weighted by Gasteiger charge is -2.32. The van der Waals surface area contributed by atoms with E-state index >= 15 is 0 Å². The van der Waals surface area contributed by atoms with E-state index in [4.69, 9.17) is 26.8 Å². The molecule has 0 bridgehead atoms. The van der Waals surface area contributed by atoms with Crippen LogP contribution in [0.3, 0.4) is 0 Å². The van der Waals surface area contributed by atoms with Crippen molar-refractivity contribution >= 4 is 23.1 Å². The zero-order chi connectivity index (χ0) is 20.7. The van der Waals surface area contributed by atoms with Gasteiger partial charge in [-0.3, -0.25) is 0 Å². The summed E-state index contributed by atoms with van der Waals surface area (Å²) in [4.78, 5) is 12.9. The number of aliphatic hydroxyl groups is 1. The maximum absolute atomic E-state index is 9.18. The number of aromatic nitrogens is 3. The van der Waals surface area contributed by atoms with Gasteiger partial charge in [-0.25, -0.2) is 0 Å².